The Morgan fingerprint density at radius 3 is 2.85 bits per heavy atom. The standard InChI is InChI=1S/C13H17N3O3S/c14-12(16-18)7-19-11-3-1-10(2-4-11)15-13(17)9-5-6-20-8-9/h1-4,9,18H,5-8H2,(H2,14,16)(H,15,17). The number of carbonyl (C=O) groups excluding carboxylic acids is 1. The summed E-state index contributed by atoms with van der Waals surface area (Å²) in [6.45, 7) is 0.0154. The molecule has 1 fully saturated rings. The van der Waals surface area contributed by atoms with Gasteiger partial charge in [-0.25, -0.2) is 0 Å². The van der Waals surface area contributed by atoms with Gasteiger partial charge in [0.2, 0.25) is 5.91 Å². The first-order valence-electron chi connectivity index (χ1n) is 6.27. The van der Waals surface area contributed by atoms with Crippen molar-refractivity contribution in [3.63, 3.8) is 0 Å². The molecule has 1 saturated heterocycles. The SMILES string of the molecule is NC(COc1ccc(NC(=O)C2CCSC2)cc1)=NO. The summed E-state index contributed by atoms with van der Waals surface area (Å²) in [4.78, 5) is 11.9. The van der Waals surface area contributed by atoms with Crippen LogP contribution in [-0.4, -0.2) is 35.1 Å². The number of hydrogen-bond acceptors (Lipinski definition) is 5. The zero-order chi connectivity index (χ0) is 14.4. The maximum absolute atomic E-state index is 11.9. The third kappa shape index (κ3) is 4.06. The van der Waals surface area contributed by atoms with Gasteiger partial charge in [0.05, 0.1) is 0 Å². The maximum atomic E-state index is 11.9. The zero-order valence-electron chi connectivity index (χ0n) is 10.9. The van der Waals surface area contributed by atoms with Gasteiger partial charge in [-0.3, -0.25) is 4.79 Å². The van der Waals surface area contributed by atoms with Crippen LogP contribution >= 0.6 is 11.8 Å². The molecule has 0 saturated carbocycles. The first-order chi connectivity index (χ1) is 9.69. The van der Waals surface area contributed by atoms with Crippen molar-refractivity contribution < 1.29 is 14.7 Å². The molecule has 1 heterocycles. The third-order valence-corrected chi connectivity index (χ3v) is 4.10. The van der Waals surface area contributed by atoms with E-state index in [0.717, 1.165) is 23.6 Å². The number of ether oxygens (including phenoxy) is 1. The second kappa shape index (κ2) is 7.04. The fourth-order valence-corrected chi connectivity index (χ4v) is 3.03. The van der Waals surface area contributed by atoms with Gasteiger partial charge in [-0.2, -0.15) is 11.8 Å². The summed E-state index contributed by atoms with van der Waals surface area (Å²) in [5.74, 6) is 2.72. The number of rotatable bonds is 5. The lowest BCUT2D eigenvalue weighted by Crippen LogP contribution is -2.22. The Morgan fingerprint density at radius 2 is 2.25 bits per heavy atom. The van der Waals surface area contributed by atoms with Crippen LogP contribution in [0.3, 0.4) is 0 Å². The van der Waals surface area contributed by atoms with E-state index in [-0.39, 0.29) is 24.3 Å². The molecule has 4 N–H and O–H groups in total. The molecule has 7 heteroatoms. The zero-order valence-corrected chi connectivity index (χ0v) is 11.7. The molecule has 0 spiro atoms. The molecule has 1 aromatic carbocycles. The van der Waals surface area contributed by atoms with Crippen LogP contribution < -0.4 is 15.8 Å². The molecule has 0 radical (unpaired) electrons. The van der Waals surface area contributed by atoms with E-state index >= 15 is 0 Å². The quantitative estimate of drug-likeness (QED) is 0.331. The molecule has 0 aromatic heterocycles. The van der Waals surface area contributed by atoms with E-state index in [0.29, 0.717) is 5.75 Å². The van der Waals surface area contributed by atoms with E-state index in [4.69, 9.17) is 15.7 Å². The smallest absolute Gasteiger partial charge is 0.228 e. The number of benzene rings is 1. The van der Waals surface area contributed by atoms with Crippen molar-refractivity contribution in [3.8, 4) is 5.75 Å². The Hall–Kier alpha value is -1.89. The summed E-state index contributed by atoms with van der Waals surface area (Å²) < 4.78 is 5.29. The highest BCUT2D eigenvalue weighted by Crippen LogP contribution is 2.25. The first kappa shape index (κ1) is 14.5. The van der Waals surface area contributed by atoms with Gasteiger partial charge in [0, 0.05) is 17.4 Å². The highest BCUT2D eigenvalue weighted by Gasteiger charge is 2.22. The first-order valence-corrected chi connectivity index (χ1v) is 7.42. The van der Waals surface area contributed by atoms with E-state index in [1.54, 1.807) is 24.3 Å². The Balaban J connectivity index is 1.86. The van der Waals surface area contributed by atoms with Gasteiger partial charge >= 0.3 is 0 Å². The molecule has 6 nitrogen and oxygen atoms in total. The molecule has 1 aromatic rings. The normalized spacial score (nSPS) is 18.8. The highest BCUT2D eigenvalue weighted by atomic mass is 32.2. The second-order valence-corrected chi connectivity index (χ2v) is 5.60. The summed E-state index contributed by atoms with van der Waals surface area (Å²) in [7, 11) is 0. The lowest BCUT2D eigenvalue weighted by atomic mass is 10.1. The molecule has 108 valence electrons. The van der Waals surface area contributed by atoms with E-state index < -0.39 is 0 Å². The topological polar surface area (TPSA) is 96.9 Å². The molecular formula is C13H17N3O3S. The molecule has 1 aliphatic rings. The van der Waals surface area contributed by atoms with Crippen LogP contribution in [0.5, 0.6) is 5.75 Å². The number of hydrogen-bond donors (Lipinski definition) is 3. The van der Waals surface area contributed by atoms with Crippen molar-refractivity contribution in [2.24, 2.45) is 16.8 Å². The fourth-order valence-electron chi connectivity index (χ4n) is 1.81. The number of carbonyl (C=O) groups is 1. The second-order valence-electron chi connectivity index (χ2n) is 4.45. The average Bonchev–Trinajstić information content (AvgIpc) is 3.00. The highest BCUT2D eigenvalue weighted by molar-refractivity contribution is 7.99. The number of nitrogens with zero attached hydrogens (tertiary/aromatic N) is 1. The summed E-state index contributed by atoms with van der Waals surface area (Å²) in [5.41, 5.74) is 6.04. The van der Waals surface area contributed by atoms with Crippen molar-refractivity contribution in [1.29, 1.82) is 0 Å². The number of oxime groups is 1. The van der Waals surface area contributed by atoms with Crippen molar-refractivity contribution in [2.45, 2.75) is 6.42 Å². The van der Waals surface area contributed by atoms with Crippen molar-refractivity contribution >= 4 is 29.2 Å². The lowest BCUT2D eigenvalue weighted by Gasteiger charge is -2.10. The molecule has 0 aliphatic carbocycles. The van der Waals surface area contributed by atoms with Gasteiger partial charge in [-0.05, 0) is 36.4 Å². The monoisotopic (exact) mass is 295 g/mol. The van der Waals surface area contributed by atoms with Gasteiger partial charge in [-0.15, -0.1) is 0 Å². The van der Waals surface area contributed by atoms with Crippen LogP contribution in [-0.2, 0) is 4.79 Å². The van der Waals surface area contributed by atoms with E-state index in [1.165, 1.54) is 0 Å². The van der Waals surface area contributed by atoms with E-state index in [9.17, 15) is 4.79 Å². The van der Waals surface area contributed by atoms with Gasteiger partial charge in [0.1, 0.15) is 12.4 Å². The van der Waals surface area contributed by atoms with E-state index in [2.05, 4.69) is 10.5 Å². The summed E-state index contributed by atoms with van der Waals surface area (Å²) >= 11 is 1.81. The Labute approximate surface area is 121 Å². The van der Waals surface area contributed by atoms with Crippen LogP contribution in [0.25, 0.3) is 0 Å². The number of thioether (sulfide) groups is 1. The predicted octanol–water partition coefficient (Wildman–Crippen LogP) is 1.50. The van der Waals surface area contributed by atoms with Gasteiger partial charge < -0.3 is 21.0 Å². The molecule has 2 rings (SSSR count). The van der Waals surface area contributed by atoms with E-state index in [1.807, 2.05) is 11.8 Å². The number of anilines is 1. The van der Waals surface area contributed by atoms with Gasteiger partial charge in [-0.1, -0.05) is 5.16 Å². The predicted molar refractivity (Wildman–Crippen MR) is 79.4 cm³/mol. The van der Waals surface area contributed by atoms with Crippen molar-refractivity contribution in [2.75, 3.05) is 23.4 Å². The minimum atomic E-state index is 0.00103. The van der Waals surface area contributed by atoms with Crippen LogP contribution in [0.4, 0.5) is 5.69 Å². The Kier molecular flexibility index (Phi) is 5.11. The average molecular weight is 295 g/mol. The van der Waals surface area contributed by atoms with Gasteiger partial charge in [0.25, 0.3) is 0 Å². The van der Waals surface area contributed by atoms with Crippen LogP contribution in [0, 0.1) is 5.92 Å². The fraction of sp³-hybridized carbons (Fsp3) is 0.385. The number of amidine groups is 1. The minimum absolute atomic E-state index is 0.00103. The van der Waals surface area contributed by atoms with Crippen molar-refractivity contribution in [1.82, 2.24) is 0 Å². The van der Waals surface area contributed by atoms with Crippen molar-refractivity contribution in [3.05, 3.63) is 24.3 Å². The maximum Gasteiger partial charge on any atom is 0.228 e. The lowest BCUT2D eigenvalue weighted by molar-refractivity contribution is -0.119. The van der Waals surface area contributed by atoms with Crippen LogP contribution in [0.15, 0.2) is 29.4 Å². The third-order valence-electron chi connectivity index (χ3n) is 2.94. The molecule has 0 bridgehead atoms. The summed E-state index contributed by atoms with van der Waals surface area (Å²) in [6, 6.07) is 6.98. The summed E-state index contributed by atoms with van der Waals surface area (Å²) in [6.07, 6.45) is 0.942. The number of nitrogens with two attached hydrogens (primary N) is 1. The molecule has 1 aliphatic heterocycles. The molecule has 1 amide bonds. The number of nitrogens with one attached hydrogen (secondary N) is 1. The molecule has 1 atom stereocenters. The minimum Gasteiger partial charge on any atom is -0.486 e. The molecule has 20 heavy (non-hydrogen) atoms. The number of amides is 1. The molecular weight excluding hydrogens is 278 g/mol. The summed E-state index contributed by atoms with van der Waals surface area (Å²) in [5, 5.41) is 14.1. The molecule has 1 unspecified atom stereocenters. The van der Waals surface area contributed by atoms with Crippen LogP contribution in [0.2, 0.25) is 0 Å². The Morgan fingerprint density at radius 1 is 1.50 bits per heavy atom. The van der Waals surface area contributed by atoms with Gasteiger partial charge in [0.15, 0.2) is 5.84 Å². The van der Waals surface area contributed by atoms with Crippen LogP contribution in [0.1, 0.15) is 6.42 Å². The Bertz CT molecular complexity index is 484. The largest absolute Gasteiger partial charge is 0.486 e.